The maximum Gasteiger partial charge on any atom is 0.214 e. The molecule has 0 radical (unpaired) electrons. The first kappa shape index (κ1) is 27.6. The van der Waals surface area contributed by atoms with E-state index < -0.39 is 0 Å². The number of likely N-dealkylation sites (tertiary alicyclic amines) is 1. The molecule has 2 heterocycles. The quantitative estimate of drug-likeness (QED) is 0.369. The number of amides is 1. The fourth-order valence-electron chi connectivity index (χ4n) is 4.95. The molecule has 2 aliphatic heterocycles. The van der Waals surface area contributed by atoms with Crippen molar-refractivity contribution >= 4 is 41.0 Å². The van der Waals surface area contributed by atoms with Gasteiger partial charge in [-0.3, -0.25) is 4.79 Å². The van der Waals surface area contributed by atoms with E-state index in [1.54, 1.807) is 11.0 Å². The van der Waals surface area contributed by atoms with Gasteiger partial charge < -0.3 is 25.3 Å². The number of nitrogens with one attached hydrogen (secondary N) is 2. The lowest BCUT2D eigenvalue weighted by Gasteiger charge is -2.39. The number of carbonyl (C=O) groups is 1. The minimum Gasteiger partial charge on any atom is -0.374 e. The van der Waals surface area contributed by atoms with Crippen molar-refractivity contribution in [3.05, 3.63) is 70.1 Å². The van der Waals surface area contributed by atoms with E-state index in [4.69, 9.17) is 23.2 Å². The monoisotopic (exact) mass is 543 g/mol. The number of halogens is 2. The normalized spacial score (nSPS) is 18.7. The number of piperazine rings is 1. The summed E-state index contributed by atoms with van der Waals surface area (Å²) in [5.74, 6) is 1.72. The Labute approximate surface area is 231 Å². The summed E-state index contributed by atoms with van der Waals surface area (Å²) >= 11 is 12.3. The van der Waals surface area contributed by atoms with E-state index in [-0.39, 0.29) is 0 Å². The fourth-order valence-corrected chi connectivity index (χ4v) is 5.45. The van der Waals surface area contributed by atoms with Gasteiger partial charge in [-0.1, -0.05) is 43.1 Å². The van der Waals surface area contributed by atoms with Crippen molar-refractivity contribution in [3.8, 4) is 0 Å². The summed E-state index contributed by atoms with van der Waals surface area (Å²) in [6.45, 7) is 10.2. The Morgan fingerprint density at radius 1 is 1.11 bits per heavy atom. The summed E-state index contributed by atoms with van der Waals surface area (Å²) in [5.41, 5.74) is 2.84. The molecule has 2 aromatic carbocycles. The van der Waals surface area contributed by atoms with Gasteiger partial charge >= 0.3 is 0 Å². The van der Waals surface area contributed by atoms with Crippen LogP contribution in [0.2, 0.25) is 10.0 Å². The topological polar surface area (TPSA) is 50.9 Å². The van der Waals surface area contributed by atoms with Crippen molar-refractivity contribution in [2.75, 3.05) is 49.5 Å². The molecule has 200 valence electrons. The SMILES string of the molecule is CC(C)[C@H]1CN(/C(=C\N2CCCCC2)Nc2ccc(N(C=O)CCc3ccc(Cl)cc3Cl)cc2)CCN1. The Morgan fingerprint density at radius 3 is 2.54 bits per heavy atom. The van der Waals surface area contributed by atoms with Crippen LogP contribution in [-0.4, -0.2) is 61.5 Å². The molecule has 8 heteroatoms. The highest BCUT2D eigenvalue weighted by atomic mass is 35.5. The molecule has 0 saturated carbocycles. The van der Waals surface area contributed by atoms with Gasteiger partial charge in [-0.05, 0) is 73.6 Å². The Morgan fingerprint density at radius 2 is 1.86 bits per heavy atom. The van der Waals surface area contributed by atoms with Gasteiger partial charge in [0, 0.05) is 72.9 Å². The van der Waals surface area contributed by atoms with E-state index in [2.05, 4.69) is 40.5 Å². The molecule has 2 saturated heterocycles. The highest BCUT2D eigenvalue weighted by Gasteiger charge is 2.24. The lowest BCUT2D eigenvalue weighted by molar-refractivity contribution is -0.107. The third-order valence-electron chi connectivity index (χ3n) is 7.28. The minimum absolute atomic E-state index is 0.470. The number of anilines is 2. The first-order valence-electron chi connectivity index (χ1n) is 13.4. The van der Waals surface area contributed by atoms with Gasteiger partial charge in [0.2, 0.25) is 6.41 Å². The van der Waals surface area contributed by atoms with Crippen LogP contribution in [0.5, 0.6) is 0 Å². The van der Waals surface area contributed by atoms with E-state index in [0.717, 1.165) is 61.9 Å². The van der Waals surface area contributed by atoms with Crippen LogP contribution in [0.15, 0.2) is 54.5 Å². The predicted molar refractivity (Wildman–Crippen MR) is 155 cm³/mol. The maximum absolute atomic E-state index is 11.9. The summed E-state index contributed by atoms with van der Waals surface area (Å²) in [7, 11) is 0. The molecule has 4 rings (SSSR count). The van der Waals surface area contributed by atoms with Crippen LogP contribution in [0.3, 0.4) is 0 Å². The van der Waals surface area contributed by atoms with Crippen molar-refractivity contribution in [1.82, 2.24) is 15.1 Å². The van der Waals surface area contributed by atoms with Crippen LogP contribution in [0.1, 0.15) is 38.7 Å². The molecule has 2 aromatic rings. The molecule has 1 atom stereocenters. The van der Waals surface area contributed by atoms with Gasteiger partial charge in [-0.15, -0.1) is 0 Å². The molecule has 2 fully saturated rings. The molecule has 0 aromatic heterocycles. The van der Waals surface area contributed by atoms with Gasteiger partial charge in [0.15, 0.2) is 0 Å². The van der Waals surface area contributed by atoms with Crippen LogP contribution in [-0.2, 0) is 11.2 Å². The highest BCUT2D eigenvalue weighted by Crippen LogP contribution is 2.24. The molecule has 6 nitrogen and oxygen atoms in total. The zero-order chi connectivity index (χ0) is 26.2. The molecule has 0 bridgehead atoms. The van der Waals surface area contributed by atoms with E-state index in [1.165, 1.54) is 19.3 Å². The number of hydrogen-bond donors (Lipinski definition) is 2. The highest BCUT2D eigenvalue weighted by molar-refractivity contribution is 6.35. The van der Waals surface area contributed by atoms with E-state index in [0.29, 0.717) is 35.0 Å². The zero-order valence-electron chi connectivity index (χ0n) is 21.9. The van der Waals surface area contributed by atoms with Crippen molar-refractivity contribution in [3.63, 3.8) is 0 Å². The van der Waals surface area contributed by atoms with Crippen LogP contribution in [0.25, 0.3) is 0 Å². The molecular weight excluding hydrogens is 505 g/mol. The average molecular weight is 545 g/mol. The van der Waals surface area contributed by atoms with Crippen LogP contribution in [0.4, 0.5) is 11.4 Å². The number of nitrogens with zero attached hydrogens (tertiary/aromatic N) is 3. The zero-order valence-corrected chi connectivity index (χ0v) is 23.4. The van der Waals surface area contributed by atoms with Gasteiger partial charge in [0.1, 0.15) is 5.82 Å². The van der Waals surface area contributed by atoms with Crippen molar-refractivity contribution in [2.24, 2.45) is 5.92 Å². The minimum atomic E-state index is 0.470. The van der Waals surface area contributed by atoms with Crippen LogP contribution in [0, 0.1) is 5.92 Å². The third kappa shape index (κ3) is 7.79. The molecule has 0 aliphatic carbocycles. The summed E-state index contributed by atoms with van der Waals surface area (Å²) < 4.78 is 0. The van der Waals surface area contributed by atoms with Gasteiger partial charge in [0.05, 0.1) is 0 Å². The predicted octanol–water partition coefficient (Wildman–Crippen LogP) is 5.83. The van der Waals surface area contributed by atoms with Gasteiger partial charge in [0.25, 0.3) is 0 Å². The molecule has 2 N–H and O–H groups in total. The second-order valence-electron chi connectivity index (χ2n) is 10.3. The number of benzene rings is 2. The van der Waals surface area contributed by atoms with Crippen molar-refractivity contribution < 1.29 is 4.79 Å². The summed E-state index contributed by atoms with van der Waals surface area (Å²) in [6, 6.07) is 14.0. The van der Waals surface area contributed by atoms with Crippen molar-refractivity contribution in [1.29, 1.82) is 0 Å². The Balaban J connectivity index is 1.45. The standard InChI is InChI=1S/C29H39Cl2N5O/c1-22(2)28-19-35(17-13-32-28)29(20-34-14-4-3-5-15-34)33-25-8-10-26(11-9-25)36(21-37)16-12-23-6-7-24(30)18-27(23)31/h6-11,18,20-22,28,32-33H,3-5,12-17,19H2,1-2H3/b29-20-/t28-/m1/s1. The number of piperidine rings is 1. The van der Waals surface area contributed by atoms with E-state index in [9.17, 15) is 4.79 Å². The van der Waals surface area contributed by atoms with Crippen LogP contribution >= 0.6 is 23.2 Å². The summed E-state index contributed by atoms with van der Waals surface area (Å²) in [4.78, 5) is 18.5. The van der Waals surface area contributed by atoms with E-state index in [1.807, 2.05) is 36.4 Å². The molecule has 1 amide bonds. The Hall–Kier alpha value is -2.41. The van der Waals surface area contributed by atoms with E-state index >= 15 is 0 Å². The molecular formula is C29H39Cl2N5O. The summed E-state index contributed by atoms with van der Waals surface area (Å²) in [6.07, 6.45) is 7.64. The summed E-state index contributed by atoms with van der Waals surface area (Å²) in [5, 5.41) is 8.59. The lowest BCUT2D eigenvalue weighted by atomic mass is 10.0. The number of rotatable bonds is 10. The van der Waals surface area contributed by atoms with Crippen molar-refractivity contribution in [2.45, 2.75) is 45.6 Å². The third-order valence-corrected chi connectivity index (χ3v) is 7.87. The molecule has 0 unspecified atom stereocenters. The first-order valence-corrected chi connectivity index (χ1v) is 14.2. The lowest BCUT2D eigenvalue weighted by Crippen LogP contribution is -2.53. The Kier molecular flexibility index (Phi) is 10.0. The van der Waals surface area contributed by atoms with Gasteiger partial charge in [-0.2, -0.15) is 0 Å². The largest absolute Gasteiger partial charge is 0.374 e. The second kappa shape index (κ2) is 13.4. The molecule has 2 aliphatic rings. The number of hydrogen-bond acceptors (Lipinski definition) is 5. The smallest absolute Gasteiger partial charge is 0.214 e. The number of carbonyl (C=O) groups excluding carboxylic acids is 1. The van der Waals surface area contributed by atoms with Crippen LogP contribution < -0.4 is 15.5 Å². The second-order valence-corrected chi connectivity index (χ2v) is 11.2. The fraction of sp³-hybridized carbons (Fsp3) is 0.483. The first-order chi connectivity index (χ1) is 17.9. The Bertz CT molecular complexity index is 1050. The van der Waals surface area contributed by atoms with Gasteiger partial charge in [-0.25, -0.2) is 0 Å². The molecule has 37 heavy (non-hydrogen) atoms. The average Bonchev–Trinajstić information content (AvgIpc) is 2.91. The maximum atomic E-state index is 11.9. The molecule has 0 spiro atoms.